The molecule has 5 rings (SSSR count). The molecule has 1 spiro atoms. The van der Waals surface area contributed by atoms with Gasteiger partial charge in [0.1, 0.15) is 5.92 Å². The number of hydrogen-bond acceptors (Lipinski definition) is 5. The second-order valence-electron chi connectivity index (χ2n) is 6.86. The molecule has 1 amide bonds. The molecular formula is C23H16N2O3S. The van der Waals surface area contributed by atoms with Gasteiger partial charge in [-0.3, -0.25) is 9.59 Å². The van der Waals surface area contributed by atoms with Crippen molar-refractivity contribution in [2.24, 2.45) is 11.1 Å². The van der Waals surface area contributed by atoms with Crippen LogP contribution in [-0.4, -0.2) is 17.4 Å². The first-order chi connectivity index (χ1) is 14.2. The van der Waals surface area contributed by atoms with Gasteiger partial charge in [-0.15, -0.1) is 11.3 Å². The SMILES string of the molecule is O=C(c1cccs1)C1C(C=Cc2ccccc2)=NOC12C(=O)Nc1ccccc12. The number of fused-ring (bicyclic) bond motifs is 2. The number of ketones is 1. The zero-order valence-electron chi connectivity index (χ0n) is 15.2. The van der Waals surface area contributed by atoms with Crippen molar-refractivity contribution in [1.82, 2.24) is 0 Å². The van der Waals surface area contributed by atoms with E-state index in [1.165, 1.54) is 11.3 Å². The summed E-state index contributed by atoms with van der Waals surface area (Å²) in [5.41, 5.74) is 1.18. The van der Waals surface area contributed by atoms with Gasteiger partial charge in [0.05, 0.1) is 10.6 Å². The molecule has 3 aromatic rings. The van der Waals surface area contributed by atoms with Crippen molar-refractivity contribution < 1.29 is 14.4 Å². The topological polar surface area (TPSA) is 67.8 Å². The normalized spacial score (nSPS) is 22.4. The van der Waals surface area contributed by atoms with E-state index in [9.17, 15) is 9.59 Å². The predicted octanol–water partition coefficient (Wildman–Crippen LogP) is 4.49. The Morgan fingerprint density at radius 1 is 1.03 bits per heavy atom. The average Bonchev–Trinajstić information content (AvgIpc) is 3.47. The Morgan fingerprint density at radius 2 is 1.83 bits per heavy atom. The summed E-state index contributed by atoms with van der Waals surface area (Å²) < 4.78 is 0. The Balaban J connectivity index is 1.61. The summed E-state index contributed by atoms with van der Waals surface area (Å²) in [7, 11) is 0. The third-order valence-electron chi connectivity index (χ3n) is 5.18. The van der Waals surface area contributed by atoms with Crippen molar-refractivity contribution in [2.75, 3.05) is 5.32 Å². The lowest BCUT2D eigenvalue weighted by Gasteiger charge is -2.25. The molecule has 6 heteroatoms. The van der Waals surface area contributed by atoms with E-state index in [1.54, 1.807) is 24.3 Å². The number of carbonyl (C=O) groups is 2. The maximum absolute atomic E-state index is 13.5. The van der Waals surface area contributed by atoms with Gasteiger partial charge in [0, 0.05) is 11.3 Å². The van der Waals surface area contributed by atoms with Crippen LogP contribution in [0.4, 0.5) is 5.69 Å². The third kappa shape index (κ3) is 2.72. The fourth-order valence-electron chi connectivity index (χ4n) is 3.82. The summed E-state index contributed by atoms with van der Waals surface area (Å²) in [6.45, 7) is 0. The number of allylic oxidation sites excluding steroid dienone is 1. The number of nitrogens with zero attached hydrogens (tertiary/aromatic N) is 1. The van der Waals surface area contributed by atoms with E-state index in [4.69, 9.17) is 4.84 Å². The Labute approximate surface area is 171 Å². The second kappa shape index (κ2) is 6.83. The van der Waals surface area contributed by atoms with E-state index in [0.717, 1.165) is 5.56 Å². The summed E-state index contributed by atoms with van der Waals surface area (Å²) in [5, 5.41) is 8.89. The zero-order valence-corrected chi connectivity index (χ0v) is 16.1. The minimum atomic E-state index is -1.49. The lowest BCUT2D eigenvalue weighted by Crippen LogP contribution is -2.46. The quantitative estimate of drug-likeness (QED) is 0.656. The number of rotatable bonds is 4. The monoisotopic (exact) mass is 400 g/mol. The van der Waals surface area contributed by atoms with E-state index < -0.39 is 11.5 Å². The molecule has 0 saturated heterocycles. The van der Waals surface area contributed by atoms with Crippen LogP contribution >= 0.6 is 11.3 Å². The molecule has 2 aromatic carbocycles. The molecule has 1 aromatic heterocycles. The molecule has 5 nitrogen and oxygen atoms in total. The number of para-hydroxylation sites is 1. The van der Waals surface area contributed by atoms with E-state index in [2.05, 4.69) is 10.5 Å². The largest absolute Gasteiger partial charge is 0.373 e. The maximum Gasteiger partial charge on any atom is 0.277 e. The van der Waals surface area contributed by atoms with Crippen LogP contribution in [-0.2, 0) is 15.2 Å². The number of benzene rings is 2. The number of nitrogens with one attached hydrogen (secondary N) is 1. The minimum absolute atomic E-state index is 0.180. The van der Waals surface area contributed by atoms with Gasteiger partial charge in [-0.2, -0.15) is 0 Å². The number of amides is 1. The summed E-state index contributed by atoms with van der Waals surface area (Å²) in [5.74, 6) is -1.42. The van der Waals surface area contributed by atoms with Crippen LogP contribution < -0.4 is 5.32 Å². The van der Waals surface area contributed by atoms with Crippen molar-refractivity contribution in [2.45, 2.75) is 5.60 Å². The number of thiophene rings is 1. The molecular weight excluding hydrogens is 384 g/mol. The summed E-state index contributed by atoms with van der Waals surface area (Å²) >= 11 is 1.34. The molecule has 142 valence electrons. The van der Waals surface area contributed by atoms with Crippen LogP contribution in [0.2, 0.25) is 0 Å². The first-order valence-corrected chi connectivity index (χ1v) is 10.1. The Hall–Kier alpha value is -3.51. The van der Waals surface area contributed by atoms with E-state index in [-0.39, 0.29) is 11.7 Å². The third-order valence-corrected chi connectivity index (χ3v) is 6.07. The molecule has 0 bridgehead atoms. The summed E-state index contributed by atoms with van der Waals surface area (Å²) in [6.07, 6.45) is 3.63. The molecule has 2 atom stereocenters. The minimum Gasteiger partial charge on any atom is -0.373 e. The fourth-order valence-corrected chi connectivity index (χ4v) is 4.52. The Bertz CT molecular complexity index is 1150. The van der Waals surface area contributed by atoms with Crippen molar-refractivity contribution in [1.29, 1.82) is 0 Å². The average molecular weight is 400 g/mol. The van der Waals surface area contributed by atoms with Gasteiger partial charge in [-0.25, -0.2) is 0 Å². The Morgan fingerprint density at radius 3 is 2.62 bits per heavy atom. The van der Waals surface area contributed by atoms with Crippen molar-refractivity contribution in [3.05, 3.63) is 94.2 Å². The molecule has 0 radical (unpaired) electrons. The lowest BCUT2D eigenvalue weighted by molar-refractivity contribution is -0.140. The van der Waals surface area contributed by atoms with Crippen LogP contribution in [0.1, 0.15) is 20.8 Å². The summed E-state index contributed by atoms with van der Waals surface area (Å²) in [6, 6.07) is 20.6. The van der Waals surface area contributed by atoms with Gasteiger partial charge in [0.15, 0.2) is 5.78 Å². The summed E-state index contributed by atoms with van der Waals surface area (Å²) in [4.78, 5) is 32.9. The zero-order chi connectivity index (χ0) is 19.8. The van der Waals surface area contributed by atoms with E-state index in [1.807, 2.05) is 60.0 Å². The standard InChI is InChI=1S/C23H16N2O3S/c26-21(19-11-6-14-29-19)20-18(13-12-15-7-2-1-3-8-15)25-28-23(20)16-9-4-5-10-17(16)24-22(23)27/h1-14,20H,(H,24,27). The number of Topliss-reactive ketones (excluding diaryl/α,β-unsaturated/α-hetero) is 1. The van der Waals surface area contributed by atoms with E-state index >= 15 is 0 Å². The number of oxime groups is 1. The smallest absolute Gasteiger partial charge is 0.277 e. The number of anilines is 1. The molecule has 0 aliphatic carbocycles. The Kier molecular flexibility index (Phi) is 4.14. The highest BCUT2D eigenvalue weighted by molar-refractivity contribution is 7.12. The first kappa shape index (κ1) is 17.6. The van der Waals surface area contributed by atoms with Gasteiger partial charge < -0.3 is 10.2 Å². The molecule has 29 heavy (non-hydrogen) atoms. The van der Waals surface area contributed by atoms with Gasteiger partial charge in [-0.1, -0.05) is 65.8 Å². The number of carbonyl (C=O) groups excluding carboxylic acids is 2. The molecule has 2 unspecified atom stereocenters. The van der Waals surface area contributed by atoms with Crippen molar-refractivity contribution in [3.63, 3.8) is 0 Å². The lowest BCUT2D eigenvalue weighted by atomic mass is 9.76. The van der Waals surface area contributed by atoms with Crippen LogP contribution in [0.25, 0.3) is 6.08 Å². The molecule has 3 heterocycles. The maximum atomic E-state index is 13.5. The predicted molar refractivity (Wildman–Crippen MR) is 113 cm³/mol. The van der Waals surface area contributed by atoms with Crippen LogP contribution in [0.5, 0.6) is 0 Å². The molecule has 0 saturated carbocycles. The van der Waals surface area contributed by atoms with E-state index in [0.29, 0.717) is 21.8 Å². The van der Waals surface area contributed by atoms with Crippen LogP contribution in [0.3, 0.4) is 0 Å². The van der Waals surface area contributed by atoms with Crippen molar-refractivity contribution >= 4 is 40.5 Å². The van der Waals surface area contributed by atoms with Gasteiger partial charge in [0.25, 0.3) is 11.5 Å². The molecule has 2 aliphatic heterocycles. The highest BCUT2D eigenvalue weighted by Gasteiger charge is 2.62. The molecule has 0 fully saturated rings. The first-order valence-electron chi connectivity index (χ1n) is 9.18. The number of hydrogen-bond donors (Lipinski definition) is 1. The van der Waals surface area contributed by atoms with Gasteiger partial charge >= 0.3 is 0 Å². The van der Waals surface area contributed by atoms with Gasteiger partial charge in [0.2, 0.25) is 0 Å². The van der Waals surface area contributed by atoms with Gasteiger partial charge in [-0.05, 0) is 29.2 Å². The second-order valence-corrected chi connectivity index (χ2v) is 7.81. The molecule has 2 aliphatic rings. The van der Waals surface area contributed by atoms with Crippen LogP contribution in [0.15, 0.2) is 83.3 Å². The highest BCUT2D eigenvalue weighted by atomic mass is 32.1. The molecule has 1 N–H and O–H groups in total. The van der Waals surface area contributed by atoms with Crippen LogP contribution in [0, 0.1) is 5.92 Å². The fraction of sp³-hybridized carbons (Fsp3) is 0.0870. The highest BCUT2D eigenvalue weighted by Crippen LogP contribution is 2.49. The van der Waals surface area contributed by atoms with Crippen molar-refractivity contribution in [3.8, 4) is 0 Å².